The molecule has 2 aromatic carbocycles. The minimum Gasteiger partial charge on any atom is -0.474 e. The Balaban J connectivity index is 1.20. The molecule has 3 aromatic heterocycles. The van der Waals surface area contributed by atoms with Crippen LogP contribution >= 0.6 is 11.3 Å². The summed E-state index contributed by atoms with van der Waals surface area (Å²) in [6.45, 7) is 8.36. The molecular formula is C30H27FN6O3S. The SMILES string of the molecule is C=CC(=O)N1CCC(Oc2ccc3ncnc(Nc4ccc(Oc5ccc6sc(C)nc6c5)c(C)c4F)c3n2)CC1. The molecule has 4 heterocycles. The average molecular weight is 571 g/mol. The molecule has 0 spiro atoms. The van der Waals surface area contributed by atoms with Gasteiger partial charge in [-0.05, 0) is 50.3 Å². The van der Waals surface area contributed by atoms with E-state index in [1.807, 2.05) is 25.1 Å². The zero-order valence-electron chi connectivity index (χ0n) is 22.6. The number of carbonyl (C=O) groups is 1. The van der Waals surface area contributed by atoms with Gasteiger partial charge in [-0.1, -0.05) is 6.58 Å². The van der Waals surface area contributed by atoms with Crippen molar-refractivity contribution in [2.45, 2.75) is 32.8 Å². The van der Waals surface area contributed by atoms with Crippen LogP contribution in [-0.4, -0.2) is 49.9 Å². The fourth-order valence-electron chi connectivity index (χ4n) is 4.79. The fraction of sp³-hybridized carbons (Fsp3) is 0.233. The van der Waals surface area contributed by atoms with Gasteiger partial charge in [0.2, 0.25) is 11.8 Å². The van der Waals surface area contributed by atoms with Crippen molar-refractivity contribution in [3.05, 3.63) is 77.8 Å². The Bertz CT molecular complexity index is 1780. The number of hydrogen-bond acceptors (Lipinski definition) is 9. The maximum absolute atomic E-state index is 15.5. The number of carbonyl (C=O) groups excluding carboxylic acids is 1. The van der Waals surface area contributed by atoms with Gasteiger partial charge in [0.25, 0.3) is 0 Å². The van der Waals surface area contributed by atoms with Gasteiger partial charge >= 0.3 is 0 Å². The van der Waals surface area contributed by atoms with Gasteiger partial charge in [0.1, 0.15) is 29.4 Å². The number of piperidine rings is 1. The highest BCUT2D eigenvalue weighted by Gasteiger charge is 2.23. The third-order valence-corrected chi connectivity index (χ3v) is 7.91. The number of aromatic nitrogens is 4. The summed E-state index contributed by atoms with van der Waals surface area (Å²) in [7, 11) is 0. The van der Waals surface area contributed by atoms with Crippen LogP contribution in [0, 0.1) is 19.7 Å². The topological polar surface area (TPSA) is 102 Å². The predicted molar refractivity (Wildman–Crippen MR) is 157 cm³/mol. The number of halogens is 1. The van der Waals surface area contributed by atoms with Gasteiger partial charge in [0.05, 0.1) is 26.4 Å². The number of hydrogen-bond donors (Lipinski definition) is 1. The minimum absolute atomic E-state index is 0.0746. The number of pyridine rings is 1. The molecule has 0 atom stereocenters. The summed E-state index contributed by atoms with van der Waals surface area (Å²) in [6.07, 6.45) is 4.02. The Kier molecular flexibility index (Phi) is 7.19. The first kappa shape index (κ1) is 26.6. The number of ether oxygens (including phenoxy) is 2. The lowest BCUT2D eigenvalue weighted by molar-refractivity contribution is -0.127. The summed E-state index contributed by atoms with van der Waals surface area (Å²) in [5.41, 5.74) is 2.47. The molecule has 6 rings (SSSR count). The molecule has 208 valence electrons. The van der Waals surface area contributed by atoms with Crippen molar-refractivity contribution < 1.29 is 18.7 Å². The van der Waals surface area contributed by atoms with Crippen molar-refractivity contribution in [2.24, 2.45) is 0 Å². The third-order valence-electron chi connectivity index (χ3n) is 6.96. The maximum Gasteiger partial charge on any atom is 0.245 e. The van der Waals surface area contributed by atoms with Gasteiger partial charge < -0.3 is 19.7 Å². The summed E-state index contributed by atoms with van der Waals surface area (Å²) in [6, 6.07) is 12.5. The van der Waals surface area contributed by atoms with Gasteiger partial charge in [0, 0.05) is 43.6 Å². The van der Waals surface area contributed by atoms with Crippen LogP contribution in [0.1, 0.15) is 23.4 Å². The number of amides is 1. The van der Waals surface area contributed by atoms with E-state index in [0.29, 0.717) is 65.7 Å². The van der Waals surface area contributed by atoms with Crippen LogP contribution in [-0.2, 0) is 4.79 Å². The van der Waals surface area contributed by atoms with Gasteiger partial charge in [-0.15, -0.1) is 11.3 Å². The van der Waals surface area contributed by atoms with Crippen molar-refractivity contribution in [1.29, 1.82) is 0 Å². The van der Waals surface area contributed by atoms with E-state index in [2.05, 4.69) is 31.8 Å². The number of nitrogens with zero attached hydrogens (tertiary/aromatic N) is 5. The van der Waals surface area contributed by atoms with Crippen LogP contribution in [0.2, 0.25) is 0 Å². The van der Waals surface area contributed by atoms with Crippen molar-refractivity contribution >= 4 is 50.0 Å². The maximum atomic E-state index is 15.5. The van der Waals surface area contributed by atoms with Gasteiger partial charge in [0.15, 0.2) is 11.6 Å². The monoisotopic (exact) mass is 570 g/mol. The number of rotatable bonds is 7. The predicted octanol–water partition coefficient (Wildman–Crippen LogP) is 6.48. The Morgan fingerprint density at radius 2 is 1.93 bits per heavy atom. The Hall–Kier alpha value is -4.64. The van der Waals surface area contributed by atoms with Gasteiger partial charge in [-0.3, -0.25) is 4.79 Å². The molecule has 0 saturated carbocycles. The highest BCUT2D eigenvalue weighted by molar-refractivity contribution is 7.18. The molecule has 0 unspecified atom stereocenters. The lowest BCUT2D eigenvalue weighted by Crippen LogP contribution is -2.41. The van der Waals surface area contributed by atoms with Crippen LogP contribution in [0.4, 0.5) is 15.9 Å². The summed E-state index contributed by atoms with van der Waals surface area (Å²) >= 11 is 1.61. The zero-order chi connectivity index (χ0) is 28.5. The summed E-state index contributed by atoms with van der Waals surface area (Å²) in [4.78, 5) is 31.4. The number of aryl methyl sites for hydroxylation is 1. The first-order valence-electron chi connectivity index (χ1n) is 13.2. The van der Waals surface area contributed by atoms with E-state index in [0.717, 1.165) is 15.2 Å². The number of anilines is 2. The molecular weight excluding hydrogens is 543 g/mol. The fourth-order valence-corrected chi connectivity index (χ4v) is 5.60. The minimum atomic E-state index is -0.465. The first-order valence-corrected chi connectivity index (χ1v) is 14.0. The van der Waals surface area contributed by atoms with E-state index in [-0.39, 0.29) is 17.7 Å². The normalized spacial score (nSPS) is 13.9. The molecule has 41 heavy (non-hydrogen) atoms. The Morgan fingerprint density at radius 1 is 1.10 bits per heavy atom. The number of fused-ring (bicyclic) bond motifs is 2. The number of benzene rings is 2. The molecule has 0 radical (unpaired) electrons. The lowest BCUT2D eigenvalue weighted by atomic mass is 10.1. The van der Waals surface area contributed by atoms with Crippen LogP contribution in [0.15, 0.2) is 61.4 Å². The number of likely N-dealkylation sites (tertiary alicyclic amines) is 1. The van der Waals surface area contributed by atoms with Crippen molar-refractivity contribution in [2.75, 3.05) is 18.4 Å². The zero-order valence-corrected chi connectivity index (χ0v) is 23.4. The third kappa shape index (κ3) is 5.53. The van der Waals surface area contributed by atoms with Crippen molar-refractivity contribution in [1.82, 2.24) is 24.8 Å². The quantitative estimate of drug-likeness (QED) is 0.222. The molecule has 1 aliphatic heterocycles. The van der Waals surface area contributed by atoms with Crippen LogP contribution in [0.3, 0.4) is 0 Å². The van der Waals surface area contributed by atoms with Crippen molar-refractivity contribution in [3.8, 4) is 17.4 Å². The Morgan fingerprint density at radius 3 is 2.73 bits per heavy atom. The molecule has 1 amide bonds. The second-order valence-corrected chi connectivity index (χ2v) is 11.0. The van der Waals surface area contributed by atoms with E-state index in [9.17, 15) is 4.79 Å². The smallest absolute Gasteiger partial charge is 0.245 e. The highest BCUT2D eigenvalue weighted by Crippen LogP contribution is 2.34. The van der Waals surface area contributed by atoms with Gasteiger partial charge in [-0.2, -0.15) is 0 Å². The van der Waals surface area contributed by atoms with E-state index in [4.69, 9.17) is 9.47 Å². The van der Waals surface area contributed by atoms with Crippen LogP contribution in [0.5, 0.6) is 17.4 Å². The second-order valence-electron chi connectivity index (χ2n) is 9.73. The van der Waals surface area contributed by atoms with E-state index in [1.54, 1.807) is 47.4 Å². The van der Waals surface area contributed by atoms with Crippen molar-refractivity contribution in [3.63, 3.8) is 0 Å². The number of nitrogens with one attached hydrogen (secondary N) is 1. The first-order chi connectivity index (χ1) is 19.9. The summed E-state index contributed by atoms with van der Waals surface area (Å²) < 4.78 is 28.7. The molecule has 5 aromatic rings. The van der Waals surface area contributed by atoms with E-state index < -0.39 is 5.82 Å². The van der Waals surface area contributed by atoms with E-state index in [1.165, 1.54) is 12.4 Å². The molecule has 1 aliphatic rings. The summed E-state index contributed by atoms with van der Waals surface area (Å²) in [5.74, 6) is 1.21. The molecule has 11 heteroatoms. The lowest BCUT2D eigenvalue weighted by Gasteiger charge is -2.31. The molecule has 1 N–H and O–H groups in total. The van der Waals surface area contributed by atoms with Gasteiger partial charge in [-0.25, -0.2) is 24.3 Å². The van der Waals surface area contributed by atoms with Crippen LogP contribution < -0.4 is 14.8 Å². The standard InChI is InChI=1S/C30H27FN6O3S/c1-4-27(38)37-13-11-19(12-14-37)40-26-10-7-22-29(36-26)30(33-16-32-22)35-21-6-8-24(17(2)28(21)31)39-20-5-9-25-23(15-20)34-18(3)41-25/h4-10,15-16,19H,1,11-14H2,2-3H3,(H,32,33,35). The molecule has 0 bridgehead atoms. The second kappa shape index (κ2) is 11.1. The molecule has 1 fully saturated rings. The largest absolute Gasteiger partial charge is 0.474 e. The molecule has 1 saturated heterocycles. The average Bonchev–Trinajstić information content (AvgIpc) is 3.36. The highest BCUT2D eigenvalue weighted by atomic mass is 32.1. The molecule has 0 aliphatic carbocycles. The number of thiazole rings is 1. The summed E-state index contributed by atoms with van der Waals surface area (Å²) in [5, 5.41) is 4.04. The van der Waals surface area contributed by atoms with Crippen LogP contribution in [0.25, 0.3) is 21.3 Å². The molecule has 9 nitrogen and oxygen atoms in total. The van der Waals surface area contributed by atoms with E-state index >= 15 is 4.39 Å². The Labute approximate surface area is 239 Å².